The smallest absolute Gasteiger partial charge is 0.231 e. The number of pyridine rings is 1. The Morgan fingerprint density at radius 1 is 1.41 bits per heavy atom. The van der Waals surface area contributed by atoms with Gasteiger partial charge in [-0.05, 0) is 61.4 Å². The van der Waals surface area contributed by atoms with Gasteiger partial charge in [-0.2, -0.15) is 5.26 Å². The normalized spacial score (nSPS) is 15.7. The predicted octanol–water partition coefficient (Wildman–Crippen LogP) is 4.78. The second-order valence-electron chi connectivity index (χ2n) is 7.85. The summed E-state index contributed by atoms with van der Waals surface area (Å²) in [7, 11) is 3.33. The van der Waals surface area contributed by atoms with Crippen molar-refractivity contribution in [1.29, 1.82) is 5.26 Å². The number of rotatable bonds is 6. The fourth-order valence-corrected chi connectivity index (χ4v) is 4.47. The first-order valence-corrected chi connectivity index (χ1v) is 10.8. The fraction of sp³-hybridized carbons (Fsp3) is 0.360. The highest BCUT2D eigenvalue weighted by molar-refractivity contribution is 6.12. The molecule has 0 radical (unpaired) electrons. The number of oxazole rings is 1. The number of aromatic nitrogens is 2. The molecule has 1 atom stereocenters. The molecule has 0 amide bonds. The van der Waals surface area contributed by atoms with E-state index in [9.17, 15) is 5.26 Å². The molecule has 1 N–H and O–H groups in total. The molecule has 1 aromatic carbocycles. The number of nitriles is 1. The van der Waals surface area contributed by atoms with Crippen molar-refractivity contribution in [3.8, 4) is 11.9 Å². The molecule has 1 aliphatic rings. The molecule has 0 aliphatic heterocycles. The van der Waals surface area contributed by atoms with Gasteiger partial charge in [0, 0.05) is 18.3 Å². The van der Waals surface area contributed by atoms with E-state index >= 15 is 0 Å². The van der Waals surface area contributed by atoms with Crippen LogP contribution in [0.5, 0.6) is 5.88 Å². The number of nitrogens with one attached hydrogen (secondary N) is 1. The molecule has 2 heterocycles. The van der Waals surface area contributed by atoms with Crippen LogP contribution in [0.4, 0.5) is 5.69 Å². The Hall–Kier alpha value is -3.66. The first-order chi connectivity index (χ1) is 15.6. The summed E-state index contributed by atoms with van der Waals surface area (Å²) in [5.74, 6) is 1.04. The van der Waals surface area contributed by atoms with Crippen LogP contribution in [0.1, 0.15) is 65.1 Å². The van der Waals surface area contributed by atoms with Crippen molar-refractivity contribution in [3.63, 3.8) is 0 Å². The highest BCUT2D eigenvalue weighted by Gasteiger charge is 2.27. The number of hydrogen-bond acceptors (Lipinski definition) is 7. The predicted molar refractivity (Wildman–Crippen MR) is 123 cm³/mol. The number of aliphatic imine (C=N–C) groups is 1. The zero-order valence-corrected chi connectivity index (χ0v) is 18.9. The number of ether oxygens (including phenoxy) is 1. The van der Waals surface area contributed by atoms with Crippen LogP contribution in [-0.4, -0.2) is 29.8 Å². The summed E-state index contributed by atoms with van der Waals surface area (Å²) in [6.07, 6.45) is 6.89. The molecule has 0 fully saturated rings. The van der Waals surface area contributed by atoms with Crippen LogP contribution >= 0.6 is 0 Å². The van der Waals surface area contributed by atoms with Crippen LogP contribution < -0.4 is 10.1 Å². The third kappa shape index (κ3) is 3.84. The van der Waals surface area contributed by atoms with E-state index in [2.05, 4.69) is 46.5 Å². The lowest BCUT2D eigenvalue weighted by Gasteiger charge is -2.28. The lowest BCUT2D eigenvalue weighted by Crippen LogP contribution is -2.21. The summed E-state index contributed by atoms with van der Waals surface area (Å²) in [5.41, 5.74) is 7.57. The molecular formula is C25H27N5O2. The summed E-state index contributed by atoms with van der Waals surface area (Å²) in [5, 5.41) is 13.2. The minimum atomic E-state index is 0.0340. The average Bonchev–Trinajstić information content (AvgIpc) is 3.34. The van der Waals surface area contributed by atoms with E-state index in [1.165, 1.54) is 12.0 Å². The average molecular weight is 430 g/mol. The van der Waals surface area contributed by atoms with Crippen LogP contribution in [0.25, 0.3) is 0 Å². The summed E-state index contributed by atoms with van der Waals surface area (Å²) in [6.45, 7) is 4.11. The zero-order valence-electron chi connectivity index (χ0n) is 18.9. The number of nitrogens with zero attached hydrogens (tertiary/aromatic N) is 4. The Morgan fingerprint density at radius 3 is 2.91 bits per heavy atom. The molecule has 0 spiro atoms. The van der Waals surface area contributed by atoms with Gasteiger partial charge in [0.05, 0.1) is 25.0 Å². The number of benzene rings is 1. The molecule has 0 bridgehead atoms. The molecule has 4 rings (SSSR count). The lowest BCUT2D eigenvalue weighted by atomic mass is 9.87. The summed E-state index contributed by atoms with van der Waals surface area (Å²) < 4.78 is 10.9. The van der Waals surface area contributed by atoms with Crippen molar-refractivity contribution in [2.75, 3.05) is 19.5 Å². The number of methoxy groups -OCH3 is 1. The minimum Gasteiger partial charge on any atom is -0.480 e. The van der Waals surface area contributed by atoms with E-state index in [0.29, 0.717) is 17.2 Å². The zero-order chi connectivity index (χ0) is 22.7. The van der Waals surface area contributed by atoms with Crippen LogP contribution in [0.3, 0.4) is 0 Å². The maximum atomic E-state index is 9.56. The van der Waals surface area contributed by atoms with Crippen LogP contribution in [0.15, 0.2) is 40.2 Å². The van der Waals surface area contributed by atoms with Crippen LogP contribution in [0.2, 0.25) is 0 Å². The first-order valence-electron chi connectivity index (χ1n) is 10.8. The molecule has 164 valence electrons. The van der Waals surface area contributed by atoms with Gasteiger partial charge < -0.3 is 14.5 Å². The summed E-state index contributed by atoms with van der Waals surface area (Å²) in [4.78, 5) is 13.3. The Labute approximate surface area is 188 Å². The number of fused-ring (bicyclic) bond motifs is 1. The van der Waals surface area contributed by atoms with Crippen LogP contribution in [-0.2, 0) is 12.8 Å². The van der Waals surface area contributed by atoms with E-state index in [0.717, 1.165) is 59.5 Å². The molecule has 2 aromatic heterocycles. The third-order valence-corrected chi connectivity index (χ3v) is 6.10. The van der Waals surface area contributed by atoms with E-state index in [4.69, 9.17) is 14.1 Å². The van der Waals surface area contributed by atoms with Crippen molar-refractivity contribution < 1.29 is 9.15 Å². The number of aryl methyl sites for hydroxylation is 1. The Morgan fingerprint density at radius 2 is 2.25 bits per heavy atom. The standard InChI is InChI=1S/C25H27N5O2/c1-5-16-9-10-17(11-19(16)24(27-3)22-13-28-14-32-22)29-21-8-6-7-18-15(2)20(12-26)25(31-4)30-23(18)21/h9-11,13-14,21,29H,5-8H2,1-4H3/b27-24+. The number of anilines is 1. The molecule has 1 aliphatic carbocycles. The van der Waals surface area contributed by atoms with Gasteiger partial charge in [-0.15, -0.1) is 0 Å². The molecule has 3 aromatic rings. The number of hydrogen-bond donors (Lipinski definition) is 1. The molecule has 1 unspecified atom stereocenters. The third-order valence-electron chi connectivity index (χ3n) is 6.10. The van der Waals surface area contributed by atoms with Crippen molar-refractivity contribution in [2.45, 2.75) is 45.6 Å². The monoisotopic (exact) mass is 429 g/mol. The van der Waals surface area contributed by atoms with Crippen molar-refractivity contribution >= 4 is 11.4 Å². The van der Waals surface area contributed by atoms with E-state index in [1.807, 2.05) is 6.92 Å². The van der Waals surface area contributed by atoms with Crippen molar-refractivity contribution in [2.24, 2.45) is 4.99 Å². The van der Waals surface area contributed by atoms with Gasteiger partial charge in [0.2, 0.25) is 5.88 Å². The van der Waals surface area contributed by atoms with Gasteiger partial charge in [-0.25, -0.2) is 9.97 Å². The molecular weight excluding hydrogens is 402 g/mol. The van der Waals surface area contributed by atoms with Gasteiger partial charge in [-0.3, -0.25) is 4.99 Å². The highest BCUT2D eigenvalue weighted by Crippen LogP contribution is 2.37. The quantitative estimate of drug-likeness (QED) is 0.567. The van der Waals surface area contributed by atoms with Gasteiger partial charge in [0.1, 0.15) is 17.3 Å². The topological polar surface area (TPSA) is 96.3 Å². The van der Waals surface area contributed by atoms with Gasteiger partial charge in [0.25, 0.3) is 0 Å². The van der Waals surface area contributed by atoms with Gasteiger partial charge >= 0.3 is 0 Å². The highest BCUT2D eigenvalue weighted by atomic mass is 16.5. The van der Waals surface area contributed by atoms with E-state index in [1.54, 1.807) is 20.4 Å². The lowest BCUT2D eigenvalue weighted by molar-refractivity contribution is 0.391. The summed E-state index contributed by atoms with van der Waals surface area (Å²) in [6, 6.07) is 8.62. The Balaban J connectivity index is 1.72. The summed E-state index contributed by atoms with van der Waals surface area (Å²) >= 11 is 0. The second kappa shape index (κ2) is 9.23. The van der Waals surface area contributed by atoms with E-state index < -0.39 is 0 Å². The Bertz CT molecular complexity index is 1190. The largest absolute Gasteiger partial charge is 0.480 e. The van der Waals surface area contributed by atoms with Crippen molar-refractivity contribution in [1.82, 2.24) is 9.97 Å². The first kappa shape index (κ1) is 21.6. The van der Waals surface area contributed by atoms with Gasteiger partial charge in [-0.1, -0.05) is 13.0 Å². The molecule has 0 saturated heterocycles. The Kier molecular flexibility index (Phi) is 6.22. The molecule has 7 heteroatoms. The molecule has 32 heavy (non-hydrogen) atoms. The van der Waals surface area contributed by atoms with Crippen LogP contribution in [0, 0.1) is 18.3 Å². The second-order valence-corrected chi connectivity index (χ2v) is 7.85. The minimum absolute atomic E-state index is 0.0340. The fourth-order valence-electron chi connectivity index (χ4n) is 4.47. The maximum Gasteiger partial charge on any atom is 0.231 e. The van der Waals surface area contributed by atoms with E-state index in [-0.39, 0.29) is 6.04 Å². The molecule has 7 nitrogen and oxygen atoms in total. The SMILES string of the molecule is CCc1ccc(NC2CCCc3c2nc(OC)c(C#N)c3C)cc1/C(=N\C)c1cnco1. The van der Waals surface area contributed by atoms with Crippen molar-refractivity contribution in [3.05, 3.63) is 70.1 Å². The maximum absolute atomic E-state index is 9.56. The molecule has 0 saturated carbocycles. The van der Waals surface area contributed by atoms with Gasteiger partial charge in [0.15, 0.2) is 12.2 Å².